The standard InChI is InChI=1S/C25H31NO3S/c1-2-19-10-14-22(15-11-19)26(23-16-17-23)25(27)21-12-8-20(9-13-21)18-30(28,29)24-6-4-3-5-7-24/h3-9,12-13,19,22-23H,2,10-11,14-18H2,1H3. The van der Waals surface area contributed by atoms with Gasteiger partial charge in [0.15, 0.2) is 9.84 Å². The molecule has 1 amide bonds. The number of hydrogen-bond acceptors (Lipinski definition) is 3. The molecule has 2 saturated carbocycles. The van der Waals surface area contributed by atoms with Crippen LogP contribution < -0.4 is 0 Å². The van der Waals surface area contributed by atoms with Crippen LogP contribution in [0, 0.1) is 5.92 Å². The minimum atomic E-state index is -3.39. The molecule has 4 nitrogen and oxygen atoms in total. The predicted molar refractivity (Wildman–Crippen MR) is 119 cm³/mol. The predicted octanol–water partition coefficient (Wildman–Crippen LogP) is 5.23. The Bertz CT molecular complexity index is 957. The summed E-state index contributed by atoms with van der Waals surface area (Å²) in [5.41, 5.74) is 1.37. The topological polar surface area (TPSA) is 54.5 Å². The molecule has 0 spiro atoms. The SMILES string of the molecule is CCC1CCC(N(C(=O)c2ccc(CS(=O)(=O)c3ccccc3)cc2)C2CC2)CC1. The van der Waals surface area contributed by atoms with Crippen molar-refractivity contribution in [3.05, 3.63) is 65.7 Å². The molecule has 2 aromatic rings. The molecule has 0 radical (unpaired) electrons. The monoisotopic (exact) mass is 425 g/mol. The Morgan fingerprint density at radius 1 is 0.867 bits per heavy atom. The van der Waals surface area contributed by atoms with E-state index in [0.717, 1.165) is 31.6 Å². The van der Waals surface area contributed by atoms with Gasteiger partial charge in [-0.3, -0.25) is 4.79 Å². The summed E-state index contributed by atoms with van der Waals surface area (Å²) in [6, 6.07) is 16.4. The summed E-state index contributed by atoms with van der Waals surface area (Å²) in [6.45, 7) is 2.26. The zero-order chi connectivity index (χ0) is 21.1. The van der Waals surface area contributed by atoms with Crippen molar-refractivity contribution in [2.75, 3.05) is 0 Å². The zero-order valence-electron chi connectivity index (χ0n) is 17.7. The Balaban J connectivity index is 1.45. The van der Waals surface area contributed by atoms with Gasteiger partial charge in [0.25, 0.3) is 5.91 Å². The van der Waals surface area contributed by atoms with Gasteiger partial charge in [-0.15, -0.1) is 0 Å². The van der Waals surface area contributed by atoms with Gasteiger partial charge in [-0.25, -0.2) is 8.42 Å². The third-order valence-electron chi connectivity index (χ3n) is 6.62. The fourth-order valence-electron chi connectivity index (χ4n) is 4.64. The minimum Gasteiger partial charge on any atom is -0.333 e. The van der Waals surface area contributed by atoms with Gasteiger partial charge in [0.2, 0.25) is 0 Å². The van der Waals surface area contributed by atoms with Gasteiger partial charge in [-0.05, 0) is 74.3 Å². The van der Waals surface area contributed by atoms with Gasteiger partial charge < -0.3 is 4.90 Å². The summed E-state index contributed by atoms with van der Waals surface area (Å²) >= 11 is 0. The van der Waals surface area contributed by atoms with Crippen LogP contribution in [0.1, 0.15) is 67.8 Å². The lowest BCUT2D eigenvalue weighted by molar-refractivity contribution is 0.0587. The second-order valence-corrected chi connectivity index (χ2v) is 10.8. The number of carbonyl (C=O) groups is 1. The number of carbonyl (C=O) groups excluding carboxylic acids is 1. The molecular formula is C25H31NO3S. The first kappa shape index (κ1) is 21.1. The second kappa shape index (κ2) is 8.93. The van der Waals surface area contributed by atoms with Gasteiger partial charge in [0.1, 0.15) is 0 Å². The van der Waals surface area contributed by atoms with Crippen molar-refractivity contribution in [1.82, 2.24) is 4.90 Å². The van der Waals surface area contributed by atoms with Crippen molar-refractivity contribution >= 4 is 15.7 Å². The fourth-order valence-corrected chi connectivity index (χ4v) is 6.01. The van der Waals surface area contributed by atoms with E-state index in [-0.39, 0.29) is 11.7 Å². The molecule has 4 rings (SSSR count). The molecule has 2 aromatic carbocycles. The summed E-state index contributed by atoms with van der Waals surface area (Å²) in [5, 5.41) is 0. The average molecular weight is 426 g/mol. The molecule has 5 heteroatoms. The first-order valence-electron chi connectivity index (χ1n) is 11.2. The molecule has 30 heavy (non-hydrogen) atoms. The van der Waals surface area contributed by atoms with E-state index in [1.165, 1.54) is 19.3 Å². The van der Waals surface area contributed by atoms with Crippen LogP contribution in [-0.2, 0) is 15.6 Å². The highest BCUT2D eigenvalue weighted by Crippen LogP contribution is 2.37. The maximum atomic E-state index is 13.3. The first-order valence-corrected chi connectivity index (χ1v) is 12.8. The van der Waals surface area contributed by atoms with E-state index >= 15 is 0 Å². The van der Waals surface area contributed by atoms with Gasteiger partial charge in [0, 0.05) is 17.6 Å². The van der Waals surface area contributed by atoms with Crippen LogP contribution >= 0.6 is 0 Å². The van der Waals surface area contributed by atoms with Crippen molar-refractivity contribution < 1.29 is 13.2 Å². The number of nitrogens with zero attached hydrogens (tertiary/aromatic N) is 1. The smallest absolute Gasteiger partial charge is 0.254 e. The highest BCUT2D eigenvalue weighted by atomic mass is 32.2. The van der Waals surface area contributed by atoms with Gasteiger partial charge in [0.05, 0.1) is 10.6 Å². The normalized spacial score (nSPS) is 21.9. The highest BCUT2D eigenvalue weighted by molar-refractivity contribution is 7.90. The van der Waals surface area contributed by atoms with Gasteiger partial charge in [-0.2, -0.15) is 0 Å². The van der Waals surface area contributed by atoms with Crippen LogP contribution in [0.5, 0.6) is 0 Å². The Morgan fingerprint density at radius 3 is 1.97 bits per heavy atom. The molecule has 0 bridgehead atoms. The lowest BCUT2D eigenvalue weighted by Gasteiger charge is -2.37. The lowest BCUT2D eigenvalue weighted by Crippen LogP contribution is -2.43. The summed E-state index contributed by atoms with van der Waals surface area (Å²) in [4.78, 5) is 15.8. The number of amides is 1. The van der Waals surface area contributed by atoms with E-state index in [9.17, 15) is 13.2 Å². The van der Waals surface area contributed by atoms with E-state index in [0.29, 0.717) is 28.1 Å². The van der Waals surface area contributed by atoms with Crippen LogP contribution in [0.25, 0.3) is 0 Å². The fraction of sp³-hybridized carbons (Fsp3) is 0.480. The molecule has 2 aliphatic carbocycles. The summed E-state index contributed by atoms with van der Waals surface area (Å²) in [5.74, 6) is 0.858. The number of hydrogen-bond donors (Lipinski definition) is 0. The largest absolute Gasteiger partial charge is 0.333 e. The molecule has 160 valence electrons. The molecule has 0 N–H and O–H groups in total. The summed E-state index contributed by atoms with van der Waals surface area (Å²) < 4.78 is 25.2. The lowest BCUT2D eigenvalue weighted by atomic mass is 9.83. The Labute approximate surface area is 180 Å². The molecule has 0 unspecified atom stereocenters. The van der Waals surface area contributed by atoms with Crippen molar-refractivity contribution in [3.8, 4) is 0 Å². The number of benzene rings is 2. The molecule has 0 aliphatic heterocycles. The Morgan fingerprint density at radius 2 is 1.43 bits per heavy atom. The Kier molecular flexibility index (Phi) is 6.28. The van der Waals surface area contributed by atoms with Crippen LogP contribution in [0.4, 0.5) is 0 Å². The molecule has 0 saturated heterocycles. The van der Waals surface area contributed by atoms with E-state index in [1.54, 1.807) is 54.6 Å². The molecule has 0 atom stereocenters. The van der Waals surface area contributed by atoms with Crippen LogP contribution in [0.3, 0.4) is 0 Å². The maximum Gasteiger partial charge on any atom is 0.254 e. The van der Waals surface area contributed by atoms with Crippen LogP contribution in [0.2, 0.25) is 0 Å². The zero-order valence-corrected chi connectivity index (χ0v) is 18.5. The Hall–Kier alpha value is -2.14. The van der Waals surface area contributed by atoms with Crippen LogP contribution in [0.15, 0.2) is 59.5 Å². The highest BCUT2D eigenvalue weighted by Gasteiger charge is 2.39. The molecule has 2 fully saturated rings. The summed E-state index contributed by atoms with van der Waals surface area (Å²) in [6.07, 6.45) is 8.08. The van der Waals surface area contributed by atoms with E-state index in [2.05, 4.69) is 11.8 Å². The quantitative estimate of drug-likeness (QED) is 0.610. The summed E-state index contributed by atoms with van der Waals surface area (Å²) in [7, 11) is -3.39. The molecule has 0 heterocycles. The number of sulfone groups is 1. The molecule has 2 aliphatic rings. The van der Waals surface area contributed by atoms with Gasteiger partial charge >= 0.3 is 0 Å². The van der Waals surface area contributed by atoms with Gasteiger partial charge in [-0.1, -0.05) is 43.7 Å². The first-order chi connectivity index (χ1) is 14.5. The minimum absolute atomic E-state index is 0.0567. The molecule has 0 aromatic heterocycles. The van der Waals surface area contributed by atoms with Crippen molar-refractivity contribution in [1.29, 1.82) is 0 Å². The van der Waals surface area contributed by atoms with Crippen molar-refractivity contribution in [2.24, 2.45) is 5.92 Å². The maximum absolute atomic E-state index is 13.3. The number of rotatable bonds is 7. The van der Waals surface area contributed by atoms with Crippen molar-refractivity contribution in [3.63, 3.8) is 0 Å². The average Bonchev–Trinajstić information content (AvgIpc) is 3.60. The van der Waals surface area contributed by atoms with Crippen molar-refractivity contribution in [2.45, 2.75) is 74.6 Å². The van der Waals surface area contributed by atoms with E-state index in [4.69, 9.17) is 0 Å². The third kappa shape index (κ3) is 4.77. The van der Waals surface area contributed by atoms with E-state index < -0.39 is 9.84 Å². The third-order valence-corrected chi connectivity index (χ3v) is 8.33. The van der Waals surface area contributed by atoms with E-state index in [1.807, 2.05) is 0 Å². The van der Waals surface area contributed by atoms with Crippen LogP contribution in [-0.4, -0.2) is 31.3 Å². The second-order valence-electron chi connectivity index (χ2n) is 8.80. The molecular weight excluding hydrogens is 394 g/mol.